The Morgan fingerprint density at radius 3 is 2.67 bits per heavy atom. The molecule has 3 aromatic heterocycles. The van der Waals surface area contributed by atoms with E-state index in [9.17, 15) is 13.5 Å². The van der Waals surface area contributed by atoms with Crippen LogP contribution in [0.15, 0.2) is 12.3 Å². The number of methoxy groups -OCH3 is 1. The minimum atomic E-state index is -2.87. The summed E-state index contributed by atoms with van der Waals surface area (Å²) < 4.78 is 60.0. The summed E-state index contributed by atoms with van der Waals surface area (Å²) in [5, 5.41) is 19.7. The zero-order valence-electron chi connectivity index (χ0n) is 31.9. The molecule has 0 radical (unpaired) electrons. The van der Waals surface area contributed by atoms with E-state index in [1.54, 1.807) is 13.1 Å². The van der Waals surface area contributed by atoms with Crippen LogP contribution in [0.1, 0.15) is 81.8 Å². The quantitative estimate of drug-likeness (QED) is 0.245. The minimum Gasteiger partial charge on any atom is -0.480 e. The largest absolute Gasteiger partial charge is 0.480 e. The fourth-order valence-electron chi connectivity index (χ4n) is 11.2. The van der Waals surface area contributed by atoms with Crippen LogP contribution in [0.3, 0.4) is 0 Å². The average molecular weight is 776 g/mol. The summed E-state index contributed by atoms with van der Waals surface area (Å²) in [6, 6.07) is 2.87. The van der Waals surface area contributed by atoms with Crippen LogP contribution in [0.2, 0.25) is 0 Å². The van der Waals surface area contributed by atoms with E-state index >= 15 is 4.39 Å². The van der Waals surface area contributed by atoms with Crippen LogP contribution in [-0.2, 0) is 14.6 Å². The first kappa shape index (κ1) is 35.7. The molecule has 3 aliphatic carbocycles. The molecule has 3 saturated heterocycles. The molecule has 10 rings (SSSR count). The average Bonchev–Trinajstić information content (AvgIpc) is 3.74. The van der Waals surface area contributed by atoms with E-state index in [4.69, 9.17) is 29.2 Å². The molecule has 2 N–H and O–H groups in total. The minimum absolute atomic E-state index is 0.0167. The lowest BCUT2D eigenvalue weighted by Gasteiger charge is -2.60. The second kappa shape index (κ2) is 12.7. The van der Waals surface area contributed by atoms with E-state index in [1.807, 2.05) is 4.90 Å². The highest BCUT2D eigenvalue weighted by Gasteiger charge is 2.60. The molecule has 3 saturated carbocycles. The van der Waals surface area contributed by atoms with Crippen molar-refractivity contribution in [3.63, 3.8) is 0 Å². The molecule has 3 aliphatic heterocycles. The summed E-state index contributed by atoms with van der Waals surface area (Å²) in [5.41, 5.74) is 2.50. The first-order valence-electron chi connectivity index (χ1n) is 19.9. The van der Waals surface area contributed by atoms with Gasteiger partial charge in [-0.15, -0.1) is 0 Å². The van der Waals surface area contributed by atoms with Gasteiger partial charge in [0.1, 0.15) is 28.0 Å². The first-order chi connectivity index (χ1) is 26.4. The summed E-state index contributed by atoms with van der Waals surface area (Å²) in [5.74, 6) is 0.947. The number of hydrogen-bond donors (Lipinski definition) is 2. The molecule has 1 spiro atoms. The topological polar surface area (TPSA) is 156 Å². The highest BCUT2D eigenvalue weighted by molar-refractivity contribution is 7.92. The highest BCUT2D eigenvalue weighted by Crippen LogP contribution is 2.56. The summed E-state index contributed by atoms with van der Waals surface area (Å²) >= 11 is 0. The van der Waals surface area contributed by atoms with Crippen molar-refractivity contribution in [3.8, 4) is 23.1 Å². The van der Waals surface area contributed by atoms with Gasteiger partial charge in [0, 0.05) is 40.4 Å². The van der Waals surface area contributed by atoms with Crippen molar-refractivity contribution < 1.29 is 32.1 Å². The molecule has 13 nitrogen and oxygen atoms in total. The van der Waals surface area contributed by atoms with Crippen LogP contribution in [0.25, 0.3) is 33.1 Å². The summed E-state index contributed by atoms with van der Waals surface area (Å²) in [4.78, 5) is 19.3. The number of halogens is 1. The van der Waals surface area contributed by atoms with Gasteiger partial charge in [0.25, 0.3) is 0 Å². The monoisotopic (exact) mass is 775 g/mol. The second-order valence-electron chi connectivity index (χ2n) is 17.9. The number of β-amino-alcohol motifs (C(OH)–C–C–N with tert-alkyl or cyclic N) is 1. The van der Waals surface area contributed by atoms with Gasteiger partial charge in [0.15, 0.2) is 15.7 Å². The summed E-state index contributed by atoms with van der Waals surface area (Å²) in [7, 11) is -1.35. The van der Waals surface area contributed by atoms with Crippen molar-refractivity contribution in [1.82, 2.24) is 30.0 Å². The number of ether oxygens (including phenoxy) is 3. The van der Waals surface area contributed by atoms with Crippen LogP contribution in [0, 0.1) is 23.6 Å². The zero-order chi connectivity index (χ0) is 37.9. The molecule has 55 heavy (non-hydrogen) atoms. The van der Waals surface area contributed by atoms with Crippen molar-refractivity contribution in [3.05, 3.63) is 29.2 Å². The molecule has 0 bridgehead atoms. The maximum atomic E-state index is 17.6. The normalized spacial score (nSPS) is 29.3. The number of hydrogen-bond acceptors (Lipinski definition) is 12. The lowest BCUT2D eigenvalue weighted by molar-refractivity contribution is -0.0726. The van der Waals surface area contributed by atoms with Gasteiger partial charge in [-0.3, -0.25) is 10.00 Å². The number of nitrogens with zero attached hydrogens (tertiary/aromatic N) is 6. The summed E-state index contributed by atoms with van der Waals surface area (Å²) in [6.07, 6.45) is 10.9. The predicted octanol–water partition coefficient (Wildman–Crippen LogP) is 5.08. The summed E-state index contributed by atoms with van der Waals surface area (Å²) in [6.45, 7) is 6.26. The van der Waals surface area contributed by atoms with Crippen molar-refractivity contribution in [2.45, 2.75) is 95.2 Å². The van der Waals surface area contributed by atoms with Crippen molar-refractivity contribution >= 4 is 37.5 Å². The number of sulfone groups is 1. The van der Waals surface area contributed by atoms with Crippen molar-refractivity contribution in [2.75, 3.05) is 63.0 Å². The Kier molecular flexibility index (Phi) is 8.23. The Bertz CT molecular complexity index is 2290. The van der Waals surface area contributed by atoms with Gasteiger partial charge in [0.05, 0.1) is 56.7 Å². The maximum Gasteiger partial charge on any atom is 0.319 e. The lowest BCUT2D eigenvalue weighted by atomic mass is 9.64. The maximum absolute atomic E-state index is 17.6. The van der Waals surface area contributed by atoms with E-state index in [0.717, 1.165) is 86.4 Å². The van der Waals surface area contributed by atoms with E-state index < -0.39 is 21.3 Å². The molecule has 6 fully saturated rings. The molecule has 6 heterocycles. The molecule has 3 atom stereocenters. The molecule has 6 aliphatic rings. The third kappa shape index (κ3) is 5.97. The van der Waals surface area contributed by atoms with Crippen LogP contribution < -0.4 is 14.4 Å². The van der Waals surface area contributed by atoms with E-state index in [1.165, 1.54) is 7.11 Å². The number of benzene rings is 1. The lowest BCUT2D eigenvalue weighted by Crippen LogP contribution is -2.66. The number of aromatic amines is 1. The van der Waals surface area contributed by atoms with E-state index in [2.05, 4.69) is 28.1 Å². The number of fused-ring (bicyclic) bond motifs is 3. The van der Waals surface area contributed by atoms with Crippen LogP contribution in [0.5, 0.6) is 11.9 Å². The Labute approximate surface area is 320 Å². The molecule has 294 valence electrons. The number of piperidine rings is 1. The molecule has 0 unspecified atom stereocenters. The zero-order valence-corrected chi connectivity index (χ0v) is 32.7. The number of rotatable bonds is 8. The van der Waals surface area contributed by atoms with Gasteiger partial charge < -0.3 is 24.2 Å². The van der Waals surface area contributed by atoms with Gasteiger partial charge in [-0.1, -0.05) is 6.42 Å². The number of aryl methyl sites for hydroxylation is 1. The van der Waals surface area contributed by atoms with Crippen LogP contribution in [-0.4, -0.2) is 119 Å². The van der Waals surface area contributed by atoms with Crippen molar-refractivity contribution in [2.24, 2.45) is 10.8 Å². The number of nitrogens with one attached hydrogen (secondary N) is 1. The number of anilines is 1. The number of aromatic nitrogens is 5. The predicted molar refractivity (Wildman–Crippen MR) is 205 cm³/mol. The SMILES string of the molecule is COc1nc(-c2c(C3CC3)c(C)cc3[nH]ncc23)c(F)c2nc(OC[C@]34CCC[C@H]3N(C3CC5(C3)CS(=O)(=O)C5)CCC4)nc(N3CCOC[C@@](C)(O)C3)c12. The highest BCUT2D eigenvalue weighted by atomic mass is 32.2. The number of H-pyrrole nitrogens is 1. The fraction of sp³-hybridized carbons (Fsp3) is 0.650. The Morgan fingerprint density at radius 2 is 1.91 bits per heavy atom. The van der Waals surface area contributed by atoms with Gasteiger partial charge in [-0.05, 0) is 94.9 Å². The van der Waals surface area contributed by atoms with E-state index in [0.29, 0.717) is 66.0 Å². The molecule has 0 amide bonds. The van der Waals surface area contributed by atoms with E-state index in [-0.39, 0.29) is 47.1 Å². The van der Waals surface area contributed by atoms with Crippen LogP contribution >= 0.6 is 0 Å². The Morgan fingerprint density at radius 1 is 1.11 bits per heavy atom. The standard InChI is InChI=1S/C40H50FN7O6S/c1-23-14-27-26(17-42-46-27)30(29(23)24-7-8-24)33-32(41)34-31(36(43-33)52-3)35(47-12-13-53-19-38(2,49)18-47)45-37(44-34)54-20-40-9-4-6-28(40)48(11-5-10-40)25-15-39(16-25)21-55(50,51)22-39/h14,17,24-25,28,49H,4-13,15-16,18-22H2,1-3H3,(H,42,46)/t28-,38+,40-/m1/s1. The van der Waals surface area contributed by atoms with Crippen molar-refractivity contribution in [1.29, 1.82) is 0 Å². The van der Waals surface area contributed by atoms with Gasteiger partial charge in [0.2, 0.25) is 5.88 Å². The number of likely N-dealkylation sites (tertiary alicyclic amines) is 1. The third-order valence-corrected chi connectivity index (χ3v) is 15.7. The van der Waals surface area contributed by atoms with Gasteiger partial charge in [-0.25, -0.2) is 17.8 Å². The number of pyridine rings is 1. The Balaban J connectivity index is 1.05. The fourth-order valence-corrected chi connectivity index (χ4v) is 13.4. The molecule has 1 aromatic carbocycles. The molecule has 15 heteroatoms. The first-order valence-corrected chi connectivity index (χ1v) is 21.8. The smallest absolute Gasteiger partial charge is 0.319 e. The van der Waals surface area contributed by atoms with Gasteiger partial charge >= 0.3 is 6.01 Å². The third-order valence-electron chi connectivity index (χ3n) is 13.6. The molecule has 4 aromatic rings. The Hall–Kier alpha value is -3.66. The second-order valence-corrected chi connectivity index (χ2v) is 20.0. The molecular formula is C40H50FN7O6S. The number of aliphatic hydroxyl groups is 1. The van der Waals surface area contributed by atoms with Crippen LogP contribution in [0.4, 0.5) is 10.2 Å². The van der Waals surface area contributed by atoms with Gasteiger partial charge in [-0.2, -0.15) is 15.1 Å². The molecular weight excluding hydrogens is 726 g/mol.